The highest BCUT2D eigenvalue weighted by Crippen LogP contribution is 2.33. The Hall–Kier alpha value is -1.99. The molecule has 0 saturated carbocycles. The van der Waals surface area contributed by atoms with Crippen molar-refractivity contribution in [2.24, 2.45) is 0 Å². The first-order chi connectivity index (χ1) is 12.5. The Morgan fingerprint density at radius 2 is 1.92 bits per heavy atom. The molecule has 1 unspecified atom stereocenters. The van der Waals surface area contributed by atoms with Gasteiger partial charge in [0.05, 0.1) is 6.04 Å². The van der Waals surface area contributed by atoms with E-state index < -0.39 is 10.0 Å². The van der Waals surface area contributed by atoms with E-state index in [0.29, 0.717) is 18.9 Å². The van der Waals surface area contributed by atoms with E-state index in [0.717, 1.165) is 43.2 Å². The van der Waals surface area contributed by atoms with Gasteiger partial charge >= 0.3 is 0 Å². The number of hydrogen-bond acceptors (Lipinski definition) is 4. The monoisotopic (exact) mass is 375 g/mol. The lowest BCUT2D eigenvalue weighted by Gasteiger charge is -2.27. The standard InChI is InChI=1S/C19H22FN3O2S/c20-15-7-6-14-4-3-5-18(17(14)12-15)22-19-9-8-16(13-21-19)26(24,25)23-10-1-2-11-23/h6-9,12-13,18H,1-5,10-11H2,(H,21,22). The zero-order chi connectivity index (χ0) is 18.1. The Labute approximate surface area is 153 Å². The molecule has 1 aliphatic carbocycles. The van der Waals surface area contributed by atoms with Crippen molar-refractivity contribution in [1.29, 1.82) is 0 Å². The number of aromatic nitrogens is 1. The van der Waals surface area contributed by atoms with Crippen molar-refractivity contribution >= 4 is 15.8 Å². The lowest BCUT2D eigenvalue weighted by Crippen LogP contribution is -2.28. The molecule has 2 heterocycles. The Kier molecular flexibility index (Phi) is 4.67. The minimum atomic E-state index is -3.45. The fraction of sp³-hybridized carbons (Fsp3) is 0.421. The lowest BCUT2D eigenvalue weighted by atomic mass is 9.87. The van der Waals surface area contributed by atoms with Gasteiger partial charge in [-0.3, -0.25) is 0 Å². The molecule has 1 atom stereocenters. The van der Waals surface area contributed by atoms with Gasteiger partial charge in [0.25, 0.3) is 0 Å². The van der Waals surface area contributed by atoms with E-state index in [-0.39, 0.29) is 16.8 Å². The van der Waals surface area contributed by atoms with Gasteiger partial charge in [0, 0.05) is 19.3 Å². The van der Waals surface area contributed by atoms with E-state index in [4.69, 9.17) is 0 Å². The van der Waals surface area contributed by atoms with Crippen molar-refractivity contribution in [2.75, 3.05) is 18.4 Å². The van der Waals surface area contributed by atoms with E-state index in [1.54, 1.807) is 18.2 Å². The Balaban J connectivity index is 1.53. The number of rotatable bonds is 4. The number of sulfonamides is 1. The van der Waals surface area contributed by atoms with Gasteiger partial charge in [0.15, 0.2) is 0 Å². The minimum absolute atomic E-state index is 0.0111. The summed E-state index contributed by atoms with van der Waals surface area (Å²) in [4.78, 5) is 4.52. The first kappa shape index (κ1) is 17.4. The van der Waals surface area contributed by atoms with E-state index in [1.807, 2.05) is 6.07 Å². The molecule has 1 fully saturated rings. The van der Waals surface area contributed by atoms with Crippen LogP contribution in [-0.4, -0.2) is 30.8 Å². The molecule has 0 radical (unpaired) electrons. The van der Waals surface area contributed by atoms with Crippen molar-refractivity contribution in [1.82, 2.24) is 9.29 Å². The Morgan fingerprint density at radius 1 is 1.12 bits per heavy atom. The molecule has 0 spiro atoms. The molecule has 7 heteroatoms. The fourth-order valence-electron chi connectivity index (χ4n) is 3.79. The van der Waals surface area contributed by atoms with Gasteiger partial charge in [-0.15, -0.1) is 0 Å². The minimum Gasteiger partial charge on any atom is -0.363 e. The van der Waals surface area contributed by atoms with Gasteiger partial charge in [-0.25, -0.2) is 17.8 Å². The molecule has 2 aromatic rings. The van der Waals surface area contributed by atoms with Crippen LogP contribution in [0.4, 0.5) is 10.2 Å². The van der Waals surface area contributed by atoms with Crippen LogP contribution in [0.2, 0.25) is 0 Å². The van der Waals surface area contributed by atoms with Gasteiger partial charge in [-0.1, -0.05) is 6.07 Å². The van der Waals surface area contributed by atoms with Gasteiger partial charge in [-0.05, 0) is 67.5 Å². The molecule has 5 nitrogen and oxygen atoms in total. The first-order valence-electron chi connectivity index (χ1n) is 9.05. The number of fused-ring (bicyclic) bond motifs is 1. The number of hydrogen-bond donors (Lipinski definition) is 1. The lowest BCUT2D eigenvalue weighted by molar-refractivity contribution is 0.477. The van der Waals surface area contributed by atoms with Crippen molar-refractivity contribution < 1.29 is 12.8 Å². The number of aryl methyl sites for hydroxylation is 1. The largest absolute Gasteiger partial charge is 0.363 e. The van der Waals surface area contributed by atoms with Crippen LogP contribution in [0.25, 0.3) is 0 Å². The van der Waals surface area contributed by atoms with Crippen molar-refractivity contribution in [3.8, 4) is 0 Å². The van der Waals surface area contributed by atoms with Gasteiger partial charge < -0.3 is 5.32 Å². The number of nitrogens with one attached hydrogen (secondary N) is 1. The van der Waals surface area contributed by atoms with Gasteiger partial charge in [-0.2, -0.15) is 4.31 Å². The third-order valence-corrected chi connectivity index (χ3v) is 7.07. The highest BCUT2D eigenvalue weighted by atomic mass is 32.2. The summed E-state index contributed by atoms with van der Waals surface area (Å²) in [7, 11) is -3.45. The number of halogens is 1. The van der Waals surface area contributed by atoms with Crippen LogP contribution in [0.3, 0.4) is 0 Å². The van der Waals surface area contributed by atoms with Crippen LogP contribution in [0, 0.1) is 5.82 Å². The maximum absolute atomic E-state index is 13.6. The smallest absolute Gasteiger partial charge is 0.244 e. The molecule has 1 aliphatic heterocycles. The van der Waals surface area contributed by atoms with Gasteiger partial charge in [0.1, 0.15) is 16.5 Å². The molecule has 0 bridgehead atoms. The molecule has 2 aliphatic rings. The van der Waals surface area contributed by atoms with E-state index in [1.165, 1.54) is 16.6 Å². The van der Waals surface area contributed by atoms with Crippen LogP contribution in [0.15, 0.2) is 41.4 Å². The number of pyridine rings is 1. The first-order valence-corrected chi connectivity index (χ1v) is 10.5. The second-order valence-corrected chi connectivity index (χ2v) is 8.86. The van der Waals surface area contributed by atoms with E-state index in [2.05, 4.69) is 10.3 Å². The van der Waals surface area contributed by atoms with Crippen LogP contribution in [0.1, 0.15) is 42.9 Å². The Morgan fingerprint density at radius 3 is 2.65 bits per heavy atom. The van der Waals surface area contributed by atoms with Gasteiger partial charge in [0.2, 0.25) is 10.0 Å². The molecule has 1 N–H and O–H groups in total. The number of anilines is 1. The van der Waals surface area contributed by atoms with Crippen LogP contribution in [0.5, 0.6) is 0 Å². The topological polar surface area (TPSA) is 62.3 Å². The quantitative estimate of drug-likeness (QED) is 0.889. The number of benzene rings is 1. The zero-order valence-corrected chi connectivity index (χ0v) is 15.3. The summed E-state index contributed by atoms with van der Waals surface area (Å²) in [6, 6.07) is 8.20. The molecular weight excluding hydrogens is 353 g/mol. The van der Waals surface area contributed by atoms with Crippen molar-refractivity contribution in [2.45, 2.75) is 43.0 Å². The SMILES string of the molecule is O=S(=O)(c1ccc(NC2CCCc3ccc(F)cc32)nc1)N1CCCC1. The third-order valence-electron chi connectivity index (χ3n) is 5.18. The van der Waals surface area contributed by atoms with Crippen LogP contribution in [-0.2, 0) is 16.4 Å². The Bertz CT molecular complexity index is 894. The molecule has 1 aromatic heterocycles. The molecular formula is C19H22FN3O2S. The molecule has 0 amide bonds. The highest BCUT2D eigenvalue weighted by molar-refractivity contribution is 7.89. The predicted molar refractivity (Wildman–Crippen MR) is 97.9 cm³/mol. The second-order valence-electron chi connectivity index (χ2n) is 6.92. The average molecular weight is 375 g/mol. The summed E-state index contributed by atoms with van der Waals surface area (Å²) < 4.78 is 40.3. The van der Waals surface area contributed by atoms with Crippen molar-refractivity contribution in [3.63, 3.8) is 0 Å². The molecule has 4 rings (SSSR count). The fourth-order valence-corrected chi connectivity index (χ4v) is 5.26. The van der Waals surface area contributed by atoms with Crippen LogP contribution < -0.4 is 5.32 Å². The zero-order valence-electron chi connectivity index (χ0n) is 14.5. The maximum atomic E-state index is 13.6. The number of nitrogens with zero attached hydrogens (tertiary/aromatic N) is 2. The normalized spacial score (nSPS) is 20.7. The predicted octanol–water partition coefficient (Wildman–Crippen LogP) is 3.49. The summed E-state index contributed by atoms with van der Waals surface area (Å²) >= 11 is 0. The van der Waals surface area contributed by atoms with Crippen LogP contribution >= 0.6 is 0 Å². The third kappa shape index (κ3) is 3.33. The second kappa shape index (κ2) is 6.96. The van der Waals surface area contributed by atoms with Crippen molar-refractivity contribution in [3.05, 3.63) is 53.5 Å². The summed E-state index contributed by atoms with van der Waals surface area (Å²) in [5.74, 6) is 0.366. The maximum Gasteiger partial charge on any atom is 0.244 e. The average Bonchev–Trinajstić information content (AvgIpc) is 3.18. The molecule has 1 aromatic carbocycles. The summed E-state index contributed by atoms with van der Waals surface area (Å²) in [5.41, 5.74) is 2.12. The highest BCUT2D eigenvalue weighted by Gasteiger charge is 2.27. The summed E-state index contributed by atoms with van der Waals surface area (Å²) in [5, 5.41) is 3.33. The molecule has 26 heavy (non-hydrogen) atoms. The summed E-state index contributed by atoms with van der Waals surface area (Å²) in [6.45, 7) is 1.15. The molecule has 1 saturated heterocycles. The van der Waals surface area contributed by atoms with E-state index in [9.17, 15) is 12.8 Å². The van der Waals surface area contributed by atoms with E-state index >= 15 is 0 Å². The summed E-state index contributed by atoms with van der Waals surface area (Å²) in [6.07, 6.45) is 6.09. The molecule has 138 valence electrons.